The van der Waals surface area contributed by atoms with Gasteiger partial charge in [0.25, 0.3) is 0 Å². The molecule has 1 saturated heterocycles. The number of piperidine rings is 1. The molecule has 162 valence electrons. The van der Waals surface area contributed by atoms with Crippen LogP contribution in [0.3, 0.4) is 0 Å². The van der Waals surface area contributed by atoms with Gasteiger partial charge in [-0.25, -0.2) is 0 Å². The standard InChI is InChI=1S/C21H31N3O4.ClH/c1-27-18-11-15-7-10-24(14-17(15)12-19(18)28-2)20(25)6-4-9-23-21(26)16-5-3-8-22-13-16;/h11-12,16,22H,3-10,13-14H2,1-2H3,(H,23,26);1H. The first-order chi connectivity index (χ1) is 13.6. The monoisotopic (exact) mass is 425 g/mol. The Morgan fingerprint density at radius 2 is 1.93 bits per heavy atom. The Morgan fingerprint density at radius 3 is 2.59 bits per heavy atom. The molecule has 29 heavy (non-hydrogen) atoms. The summed E-state index contributed by atoms with van der Waals surface area (Å²) in [6, 6.07) is 3.97. The molecule has 0 aromatic heterocycles. The second kappa shape index (κ2) is 11.3. The maximum Gasteiger partial charge on any atom is 0.224 e. The second-order valence-electron chi connectivity index (χ2n) is 7.48. The summed E-state index contributed by atoms with van der Waals surface area (Å²) < 4.78 is 10.7. The highest BCUT2D eigenvalue weighted by atomic mass is 35.5. The van der Waals surface area contributed by atoms with Crippen molar-refractivity contribution in [1.82, 2.24) is 15.5 Å². The van der Waals surface area contributed by atoms with Crippen LogP contribution >= 0.6 is 12.4 Å². The minimum Gasteiger partial charge on any atom is -0.493 e. The molecule has 0 radical (unpaired) electrons. The van der Waals surface area contributed by atoms with Crippen LogP contribution in [0.25, 0.3) is 0 Å². The van der Waals surface area contributed by atoms with E-state index in [1.165, 1.54) is 5.56 Å². The van der Waals surface area contributed by atoms with Crippen LogP contribution in [0, 0.1) is 5.92 Å². The van der Waals surface area contributed by atoms with E-state index in [0.717, 1.165) is 43.7 Å². The van der Waals surface area contributed by atoms with Gasteiger partial charge in [-0.05, 0) is 55.5 Å². The molecule has 3 rings (SSSR count). The molecule has 1 atom stereocenters. The molecule has 1 aromatic carbocycles. The summed E-state index contributed by atoms with van der Waals surface area (Å²) in [4.78, 5) is 26.6. The van der Waals surface area contributed by atoms with Gasteiger partial charge < -0.3 is 25.0 Å². The van der Waals surface area contributed by atoms with Crippen LogP contribution in [0.5, 0.6) is 11.5 Å². The Labute approximate surface area is 178 Å². The molecular formula is C21H32ClN3O4. The summed E-state index contributed by atoms with van der Waals surface area (Å²) in [6.07, 6.45) is 3.92. The quantitative estimate of drug-likeness (QED) is 0.652. The summed E-state index contributed by atoms with van der Waals surface area (Å²) in [5, 5.41) is 6.23. The summed E-state index contributed by atoms with van der Waals surface area (Å²) in [7, 11) is 3.25. The van der Waals surface area contributed by atoms with Gasteiger partial charge in [-0.1, -0.05) is 0 Å². The predicted molar refractivity (Wildman–Crippen MR) is 114 cm³/mol. The number of benzene rings is 1. The summed E-state index contributed by atoms with van der Waals surface area (Å²) in [5.74, 6) is 1.72. The molecule has 8 heteroatoms. The molecule has 2 heterocycles. The van der Waals surface area contributed by atoms with Gasteiger partial charge >= 0.3 is 0 Å². The van der Waals surface area contributed by atoms with E-state index in [4.69, 9.17) is 9.47 Å². The van der Waals surface area contributed by atoms with Gasteiger partial charge in [-0.3, -0.25) is 9.59 Å². The Morgan fingerprint density at radius 1 is 1.21 bits per heavy atom. The smallest absolute Gasteiger partial charge is 0.224 e. The Kier molecular flexibility index (Phi) is 9.04. The summed E-state index contributed by atoms with van der Waals surface area (Å²) in [6.45, 7) is 3.61. The van der Waals surface area contributed by atoms with E-state index in [0.29, 0.717) is 38.2 Å². The molecule has 0 aliphatic carbocycles. The van der Waals surface area contributed by atoms with Crippen LogP contribution in [-0.4, -0.2) is 57.1 Å². The molecule has 1 unspecified atom stereocenters. The van der Waals surface area contributed by atoms with Crippen LogP contribution in [0.15, 0.2) is 12.1 Å². The third-order valence-electron chi connectivity index (χ3n) is 5.61. The highest BCUT2D eigenvalue weighted by Gasteiger charge is 2.23. The van der Waals surface area contributed by atoms with Crippen LogP contribution in [0.2, 0.25) is 0 Å². The Bertz CT molecular complexity index is 707. The molecule has 2 aliphatic rings. The fraction of sp³-hybridized carbons (Fsp3) is 0.619. The van der Waals surface area contributed by atoms with E-state index >= 15 is 0 Å². The van der Waals surface area contributed by atoms with Crippen molar-refractivity contribution in [2.24, 2.45) is 5.92 Å². The van der Waals surface area contributed by atoms with Crippen LogP contribution in [0.4, 0.5) is 0 Å². The van der Waals surface area contributed by atoms with Crippen molar-refractivity contribution in [1.29, 1.82) is 0 Å². The maximum atomic E-state index is 12.6. The van der Waals surface area contributed by atoms with Crippen molar-refractivity contribution in [3.63, 3.8) is 0 Å². The van der Waals surface area contributed by atoms with Gasteiger partial charge in [0, 0.05) is 32.6 Å². The molecular weight excluding hydrogens is 394 g/mol. The Hall–Kier alpha value is -1.99. The van der Waals surface area contributed by atoms with Crippen molar-refractivity contribution in [3.8, 4) is 11.5 Å². The number of rotatable bonds is 7. The lowest BCUT2D eigenvalue weighted by molar-refractivity contribution is -0.132. The molecule has 1 fully saturated rings. The van der Waals surface area contributed by atoms with Crippen molar-refractivity contribution < 1.29 is 19.1 Å². The number of carbonyl (C=O) groups is 2. The highest BCUT2D eigenvalue weighted by Crippen LogP contribution is 2.33. The number of amides is 2. The largest absolute Gasteiger partial charge is 0.493 e. The van der Waals surface area contributed by atoms with Crippen LogP contribution < -0.4 is 20.1 Å². The predicted octanol–water partition coefficient (Wildman–Crippen LogP) is 1.91. The van der Waals surface area contributed by atoms with Gasteiger partial charge in [0.05, 0.1) is 20.1 Å². The average Bonchev–Trinajstić information content (AvgIpc) is 2.75. The average molecular weight is 426 g/mol. The van der Waals surface area contributed by atoms with Crippen molar-refractivity contribution in [2.45, 2.75) is 38.6 Å². The molecule has 1 aromatic rings. The summed E-state index contributed by atoms with van der Waals surface area (Å²) >= 11 is 0. The number of halogens is 1. The van der Waals surface area contributed by atoms with Gasteiger partial charge in [0.15, 0.2) is 11.5 Å². The zero-order valence-corrected chi connectivity index (χ0v) is 18.1. The number of hydrogen-bond donors (Lipinski definition) is 2. The zero-order valence-electron chi connectivity index (χ0n) is 17.3. The topological polar surface area (TPSA) is 79.9 Å². The van der Waals surface area contributed by atoms with Crippen LogP contribution in [0.1, 0.15) is 36.8 Å². The molecule has 0 bridgehead atoms. The number of ether oxygens (including phenoxy) is 2. The van der Waals surface area contributed by atoms with E-state index in [-0.39, 0.29) is 30.1 Å². The second-order valence-corrected chi connectivity index (χ2v) is 7.48. The lowest BCUT2D eigenvalue weighted by atomic mass is 9.98. The maximum absolute atomic E-state index is 12.6. The number of methoxy groups -OCH3 is 2. The minimum atomic E-state index is 0. The molecule has 7 nitrogen and oxygen atoms in total. The first-order valence-electron chi connectivity index (χ1n) is 10.1. The van der Waals surface area contributed by atoms with Gasteiger partial charge in [-0.2, -0.15) is 0 Å². The van der Waals surface area contributed by atoms with Gasteiger partial charge in [0.1, 0.15) is 0 Å². The molecule has 2 N–H and O–H groups in total. The Balaban J connectivity index is 0.00000300. The SMILES string of the molecule is COc1cc2c(cc1OC)CN(C(=O)CCCNC(=O)C1CCCNC1)CC2.Cl. The first kappa shape index (κ1) is 23.3. The van der Waals surface area contributed by atoms with E-state index in [1.54, 1.807) is 14.2 Å². The van der Waals surface area contributed by atoms with E-state index in [9.17, 15) is 9.59 Å². The number of hydrogen-bond acceptors (Lipinski definition) is 5. The van der Waals surface area contributed by atoms with E-state index in [1.807, 2.05) is 17.0 Å². The molecule has 0 saturated carbocycles. The summed E-state index contributed by atoms with van der Waals surface area (Å²) in [5.41, 5.74) is 2.31. The number of nitrogens with zero attached hydrogens (tertiary/aromatic N) is 1. The zero-order chi connectivity index (χ0) is 19.9. The van der Waals surface area contributed by atoms with E-state index < -0.39 is 0 Å². The van der Waals surface area contributed by atoms with Crippen LogP contribution in [-0.2, 0) is 22.6 Å². The van der Waals surface area contributed by atoms with Crippen molar-refractivity contribution >= 4 is 24.2 Å². The van der Waals surface area contributed by atoms with Crippen molar-refractivity contribution in [3.05, 3.63) is 23.3 Å². The lowest BCUT2D eigenvalue weighted by Crippen LogP contribution is -2.41. The number of carbonyl (C=O) groups excluding carboxylic acids is 2. The number of nitrogens with one attached hydrogen (secondary N) is 2. The highest BCUT2D eigenvalue weighted by molar-refractivity contribution is 5.85. The van der Waals surface area contributed by atoms with E-state index in [2.05, 4.69) is 10.6 Å². The first-order valence-corrected chi connectivity index (χ1v) is 10.1. The lowest BCUT2D eigenvalue weighted by Gasteiger charge is -2.30. The molecule has 2 amide bonds. The molecule has 0 spiro atoms. The van der Waals surface area contributed by atoms with Gasteiger partial charge in [-0.15, -0.1) is 12.4 Å². The third kappa shape index (κ3) is 6.00. The normalized spacial score (nSPS) is 18.3. The fourth-order valence-electron chi connectivity index (χ4n) is 3.93. The number of fused-ring (bicyclic) bond motifs is 1. The minimum absolute atomic E-state index is 0. The van der Waals surface area contributed by atoms with Gasteiger partial charge in [0.2, 0.25) is 11.8 Å². The van der Waals surface area contributed by atoms with Crippen molar-refractivity contribution in [2.75, 3.05) is 40.4 Å². The fourth-order valence-corrected chi connectivity index (χ4v) is 3.93. The third-order valence-corrected chi connectivity index (χ3v) is 5.61. The molecule has 2 aliphatic heterocycles.